The van der Waals surface area contributed by atoms with Crippen LogP contribution in [0, 0.1) is 6.92 Å². The van der Waals surface area contributed by atoms with E-state index in [0.29, 0.717) is 16.3 Å². The Morgan fingerprint density at radius 2 is 2.22 bits per heavy atom. The van der Waals surface area contributed by atoms with Crippen molar-refractivity contribution in [1.82, 2.24) is 5.32 Å². The van der Waals surface area contributed by atoms with E-state index in [1.165, 1.54) is 11.3 Å². The second-order valence-corrected chi connectivity index (χ2v) is 5.38. The molecule has 1 rings (SSSR count). The zero-order valence-corrected chi connectivity index (χ0v) is 11.9. The molecule has 0 aliphatic rings. The predicted molar refractivity (Wildman–Crippen MR) is 72.5 cm³/mol. The number of halogens is 1. The minimum absolute atomic E-state index is 0.0679. The fourth-order valence-electron chi connectivity index (χ4n) is 1.62. The van der Waals surface area contributed by atoms with E-state index in [9.17, 15) is 9.59 Å². The van der Waals surface area contributed by atoms with Crippen molar-refractivity contribution in [3.8, 4) is 0 Å². The molecule has 1 amide bonds. The quantitative estimate of drug-likeness (QED) is 0.846. The molecule has 1 aromatic rings. The maximum absolute atomic E-state index is 12.0. The lowest BCUT2D eigenvalue weighted by atomic mass is 10.1. The van der Waals surface area contributed by atoms with Gasteiger partial charge in [-0.1, -0.05) is 24.9 Å². The first-order valence-corrected chi connectivity index (χ1v) is 6.97. The lowest BCUT2D eigenvalue weighted by molar-refractivity contribution is -0.137. The third kappa shape index (κ3) is 3.99. The molecule has 1 heterocycles. The summed E-state index contributed by atoms with van der Waals surface area (Å²) in [5, 5.41) is 13.8. The van der Waals surface area contributed by atoms with E-state index >= 15 is 0 Å². The number of thiophene rings is 1. The summed E-state index contributed by atoms with van der Waals surface area (Å²) in [7, 11) is 0. The summed E-state index contributed by atoms with van der Waals surface area (Å²) in [5.74, 6) is -1.21. The van der Waals surface area contributed by atoms with E-state index in [-0.39, 0.29) is 18.4 Å². The van der Waals surface area contributed by atoms with Gasteiger partial charge < -0.3 is 10.4 Å². The molecule has 1 atom stereocenters. The van der Waals surface area contributed by atoms with Gasteiger partial charge in [0.25, 0.3) is 5.91 Å². The number of carboxylic acid groups (broad SMARTS) is 1. The second kappa shape index (κ2) is 6.75. The molecule has 0 bridgehead atoms. The average molecular weight is 290 g/mol. The second-order valence-electron chi connectivity index (χ2n) is 4.12. The Morgan fingerprint density at radius 1 is 1.56 bits per heavy atom. The number of carbonyl (C=O) groups is 2. The van der Waals surface area contributed by atoms with E-state index in [1.54, 1.807) is 0 Å². The Labute approximate surface area is 115 Å². The van der Waals surface area contributed by atoms with E-state index in [4.69, 9.17) is 16.7 Å². The number of hydrogen-bond acceptors (Lipinski definition) is 3. The van der Waals surface area contributed by atoms with Crippen LogP contribution in [0.15, 0.2) is 5.38 Å². The van der Waals surface area contributed by atoms with E-state index in [1.807, 2.05) is 19.2 Å². The van der Waals surface area contributed by atoms with Crippen molar-refractivity contribution < 1.29 is 14.7 Å². The summed E-state index contributed by atoms with van der Waals surface area (Å²) in [5.41, 5.74) is 0.858. The van der Waals surface area contributed by atoms with Gasteiger partial charge in [-0.25, -0.2) is 0 Å². The fraction of sp³-hybridized carbons (Fsp3) is 0.500. The molecule has 0 aliphatic heterocycles. The van der Waals surface area contributed by atoms with Crippen LogP contribution in [-0.4, -0.2) is 23.0 Å². The van der Waals surface area contributed by atoms with Gasteiger partial charge in [0.1, 0.15) is 4.88 Å². The molecule has 0 spiro atoms. The van der Waals surface area contributed by atoms with Crippen LogP contribution >= 0.6 is 22.9 Å². The lowest BCUT2D eigenvalue weighted by Crippen LogP contribution is -2.36. The minimum atomic E-state index is -0.915. The molecule has 0 saturated heterocycles. The molecular formula is C12H16ClNO3S. The monoisotopic (exact) mass is 289 g/mol. The first-order valence-electron chi connectivity index (χ1n) is 5.72. The molecule has 4 nitrogen and oxygen atoms in total. The SMILES string of the molecule is CCCC(CC(=O)O)NC(=O)c1scc(C)c1Cl. The Kier molecular flexibility index (Phi) is 5.62. The zero-order chi connectivity index (χ0) is 13.7. The first kappa shape index (κ1) is 15.0. The third-order valence-corrected chi connectivity index (χ3v) is 4.19. The van der Waals surface area contributed by atoms with Gasteiger partial charge in [0.2, 0.25) is 0 Å². The smallest absolute Gasteiger partial charge is 0.305 e. The highest BCUT2D eigenvalue weighted by atomic mass is 35.5. The highest BCUT2D eigenvalue weighted by Gasteiger charge is 2.19. The highest BCUT2D eigenvalue weighted by Crippen LogP contribution is 2.27. The van der Waals surface area contributed by atoms with Gasteiger partial charge in [-0.3, -0.25) is 9.59 Å². The number of amides is 1. The third-order valence-electron chi connectivity index (χ3n) is 2.50. The summed E-state index contributed by atoms with van der Waals surface area (Å²) in [6.07, 6.45) is 1.39. The van der Waals surface area contributed by atoms with Crippen molar-refractivity contribution >= 4 is 34.8 Å². The molecule has 6 heteroatoms. The van der Waals surface area contributed by atoms with Gasteiger partial charge in [-0.2, -0.15) is 0 Å². The topological polar surface area (TPSA) is 66.4 Å². The van der Waals surface area contributed by atoms with Crippen molar-refractivity contribution in [2.24, 2.45) is 0 Å². The predicted octanol–water partition coefficient (Wildman–Crippen LogP) is 3.08. The number of aryl methyl sites for hydroxylation is 1. The average Bonchev–Trinajstić information content (AvgIpc) is 2.59. The van der Waals surface area contributed by atoms with Crippen molar-refractivity contribution in [2.45, 2.75) is 39.2 Å². The molecule has 0 aromatic carbocycles. The van der Waals surface area contributed by atoms with Crippen LogP contribution in [0.3, 0.4) is 0 Å². The van der Waals surface area contributed by atoms with Crippen LogP contribution in [0.1, 0.15) is 41.4 Å². The van der Waals surface area contributed by atoms with Crippen LogP contribution in [0.25, 0.3) is 0 Å². The van der Waals surface area contributed by atoms with Crippen LogP contribution in [0.4, 0.5) is 0 Å². The molecule has 0 fully saturated rings. The number of aliphatic carboxylic acids is 1. The first-order chi connectivity index (χ1) is 8.45. The summed E-state index contributed by atoms with van der Waals surface area (Å²) in [4.78, 5) is 23.1. The molecule has 100 valence electrons. The highest BCUT2D eigenvalue weighted by molar-refractivity contribution is 7.13. The minimum Gasteiger partial charge on any atom is -0.481 e. The molecule has 1 unspecified atom stereocenters. The molecule has 18 heavy (non-hydrogen) atoms. The largest absolute Gasteiger partial charge is 0.481 e. The maximum atomic E-state index is 12.0. The Hall–Kier alpha value is -1.07. The van der Waals surface area contributed by atoms with Crippen LogP contribution < -0.4 is 5.32 Å². The van der Waals surface area contributed by atoms with Gasteiger partial charge in [0, 0.05) is 6.04 Å². The number of hydrogen-bond donors (Lipinski definition) is 2. The Bertz CT molecular complexity index is 445. The van der Waals surface area contributed by atoms with Crippen molar-refractivity contribution in [3.05, 3.63) is 20.8 Å². The van der Waals surface area contributed by atoms with E-state index < -0.39 is 5.97 Å². The maximum Gasteiger partial charge on any atom is 0.305 e. The van der Waals surface area contributed by atoms with Gasteiger partial charge >= 0.3 is 5.97 Å². The molecular weight excluding hydrogens is 274 g/mol. The van der Waals surface area contributed by atoms with Gasteiger partial charge in [-0.15, -0.1) is 11.3 Å². The number of rotatable bonds is 6. The van der Waals surface area contributed by atoms with E-state index in [2.05, 4.69) is 5.32 Å². The van der Waals surface area contributed by atoms with Gasteiger partial charge in [-0.05, 0) is 24.3 Å². The number of carboxylic acids is 1. The summed E-state index contributed by atoms with van der Waals surface area (Å²) >= 11 is 7.27. The molecule has 0 saturated carbocycles. The lowest BCUT2D eigenvalue weighted by Gasteiger charge is -2.15. The number of nitrogens with one attached hydrogen (secondary N) is 1. The molecule has 2 N–H and O–H groups in total. The molecule has 0 aliphatic carbocycles. The van der Waals surface area contributed by atoms with Gasteiger partial charge in [0.15, 0.2) is 0 Å². The van der Waals surface area contributed by atoms with Crippen molar-refractivity contribution in [2.75, 3.05) is 0 Å². The van der Waals surface area contributed by atoms with Crippen molar-refractivity contribution in [3.63, 3.8) is 0 Å². The van der Waals surface area contributed by atoms with E-state index in [0.717, 1.165) is 12.0 Å². The van der Waals surface area contributed by atoms with Crippen LogP contribution in [0.5, 0.6) is 0 Å². The summed E-state index contributed by atoms with van der Waals surface area (Å²) < 4.78 is 0. The fourth-order valence-corrected chi connectivity index (χ4v) is 2.80. The Balaban J connectivity index is 2.72. The zero-order valence-electron chi connectivity index (χ0n) is 10.3. The summed E-state index contributed by atoms with van der Waals surface area (Å²) in [6, 6.07) is -0.349. The van der Waals surface area contributed by atoms with Crippen LogP contribution in [0.2, 0.25) is 5.02 Å². The standard InChI is InChI=1S/C12H16ClNO3S/c1-3-4-8(5-9(15)16)14-12(17)11-10(13)7(2)6-18-11/h6,8H,3-5H2,1-2H3,(H,14,17)(H,15,16). The number of carbonyl (C=O) groups excluding carboxylic acids is 1. The normalized spacial score (nSPS) is 12.2. The van der Waals surface area contributed by atoms with Gasteiger partial charge in [0.05, 0.1) is 11.4 Å². The molecule has 1 aromatic heterocycles. The summed E-state index contributed by atoms with van der Waals surface area (Å²) in [6.45, 7) is 3.78. The van der Waals surface area contributed by atoms with Crippen molar-refractivity contribution in [1.29, 1.82) is 0 Å². The van der Waals surface area contributed by atoms with Crippen LogP contribution in [-0.2, 0) is 4.79 Å². The Morgan fingerprint density at radius 3 is 2.67 bits per heavy atom. The molecule has 0 radical (unpaired) electrons.